The molecule has 0 bridgehead atoms. The summed E-state index contributed by atoms with van der Waals surface area (Å²) < 4.78 is 7.30. The van der Waals surface area contributed by atoms with Gasteiger partial charge in [0.2, 0.25) is 0 Å². The molecule has 19 heavy (non-hydrogen) atoms. The molecule has 0 fully saturated rings. The van der Waals surface area contributed by atoms with Crippen molar-refractivity contribution in [3.63, 3.8) is 0 Å². The van der Waals surface area contributed by atoms with E-state index in [1.165, 1.54) is 0 Å². The van der Waals surface area contributed by atoms with Gasteiger partial charge in [0, 0.05) is 18.9 Å². The van der Waals surface area contributed by atoms with Gasteiger partial charge in [0.15, 0.2) is 5.69 Å². The lowest BCUT2D eigenvalue weighted by Crippen LogP contribution is -2.19. The fourth-order valence-corrected chi connectivity index (χ4v) is 2.55. The Morgan fingerprint density at radius 3 is 2.74 bits per heavy atom. The molecule has 0 amide bonds. The molecule has 106 valence electrons. The molecule has 4 heteroatoms. The van der Waals surface area contributed by atoms with Gasteiger partial charge in [0.05, 0.1) is 12.3 Å². The fraction of sp³-hybridized carbons (Fsp3) is 0.733. The molecule has 1 atom stereocenters. The van der Waals surface area contributed by atoms with E-state index in [2.05, 4.69) is 25.3 Å². The largest absolute Gasteiger partial charge is 0.461 e. The number of aromatic nitrogens is 2. The van der Waals surface area contributed by atoms with E-state index in [1.807, 2.05) is 6.92 Å². The molecular weight excluding hydrogens is 240 g/mol. The Balaban J connectivity index is 2.46. The maximum Gasteiger partial charge on any atom is 0.356 e. The van der Waals surface area contributed by atoms with Crippen LogP contribution in [0, 0.1) is 5.92 Å². The molecule has 1 aliphatic rings. The van der Waals surface area contributed by atoms with Gasteiger partial charge in [-0.3, -0.25) is 0 Å². The highest BCUT2D eigenvalue weighted by atomic mass is 16.5. The predicted molar refractivity (Wildman–Crippen MR) is 74.4 cm³/mol. The van der Waals surface area contributed by atoms with Gasteiger partial charge in [0.1, 0.15) is 5.82 Å². The third kappa shape index (κ3) is 2.67. The van der Waals surface area contributed by atoms with Crippen LogP contribution in [0.2, 0.25) is 0 Å². The molecule has 0 spiro atoms. The number of carbonyl (C=O) groups is 1. The van der Waals surface area contributed by atoms with Gasteiger partial charge in [-0.15, -0.1) is 0 Å². The summed E-state index contributed by atoms with van der Waals surface area (Å²) in [7, 11) is 0. The topological polar surface area (TPSA) is 44.1 Å². The van der Waals surface area contributed by atoms with E-state index in [1.54, 1.807) is 0 Å². The van der Waals surface area contributed by atoms with E-state index < -0.39 is 0 Å². The van der Waals surface area contributed by atoms with Crippen molar-refractivity contribution in [2.75, 3.05) is 6.61 Å². The zero-order valence-corrected chi connectivity index (χ0v) is 12.4. The molecule has 1 aromatic heterocycles. The van der Waals surface area contributed by atoms with Crippen LogP contribution in [-0.2, 0) is 17.7 Å². The standard InChI is InChI=1S/C15H24N2O2/c1-5-19-15(18)14-13(11(4)10(2)3)16-12-8-6-7-9-17(12)14/h10-11H,5-9H2,1-4H3/t11-/m0/s1. The minimum Gasteiger partial charge on any atom is -0.461 e. The molecule has 0 aliphatic carbocycles. The lowest BCUT2D eigenvalue weighted by Gasteiger charge is -2.17. The van der Waals surface area contributed by atoms with Crippen LogP contribution in [0.1, 0.15) is 68.5 Å². The van der Waals surface area contributed by atoms with Gasteiger partial charge in [0.25, 0.3) is 0 Å². The van der Waals surface area contributed by atoms with E-state index in [4.69, 9.17) is 9.72 Å². The number of hydrogen-bond donors (Lipinski definition) is 0. The van der Waals surface area contributed by atoms with Gasteiger partial charge in [-0.2, -0.15) is 0 Å². The quantitative estimate of drug-likeness (QED) is 0.785. The SMILES string of the molecule is CCOC(=O)c1c([C@@H](C)C(C)C)nc2n1CCCC2. The van der Waals surface area contributed by atoms with Crippen LogP contribution in [-0.4, -0.2) is 22.1 Å². The van der Waals surface area contributed by atoms with Crippen molar-refractivity contribution in [2.45, 2.75) is 59.4 Å². The Labute approximate surface area is 115 Å². The second-order valence-corrected chi connectivity index (χ2v) is 5.62. The van der Waals surface area contributed by atoms with Crippen LogP contribution in [0.3, 0.4) is 0 Å². The Hall–Kier alpha value is -1.32. The van der Waals surface area contributed by atoms with E-state index >= 15 is 0 Å². The summed E-state index contributed by atoms with van der Waals surface area (Å²) in [6, 6.07) is 0. The van der Waals surface area contributed by atoms with Crippen LogP contribution < -0.4 is 0 Å². The minimum atomic E-state index is -0.217. The molecule has 0 unspecified atom stereocenters. The minimum absolute atomic E-state index is 0.217. The second-order valence-electron chi connectivity index (χ2n) is 5.62. The second kappa shape index (κ2) is 5.76. The van der Waals surface area contributed by atoms with Crippen LogP contribution in [0.15, 0.2) is 0 Å². The first-order chi connectivity index (χ1) is 9.06. The molecular formula is C15H24N2O2. The van der Waals surface area contributed by atoms with E-state index in [9.17, 15) is 4.79 Å². The Morgan fingerprint density at radius 1 is 1.37 bits per heavy atom. The van der Waals surface area contributed by atoms with Gasteiger partial charge in [-0.25, -0.2) is 9.78 Å². The number of hydrogen-bond acceptors (Lipinski definition) is 3. The highest BCUT2D eigenvalue weighted by Gasteiger charge is 2.29. The molecule has 0 saturated heterocycles. The Morgan fingerprint density at radius 2 is 2.11 bits per heavy atom. The number of fused-ring (bicyclic) bond motifs is 1. The molecule has 2 rings (SSSR count). The van der Waals surface area contributed by atoms with Crippen LogP contribution in [0.5, 0.6) is 0 Å². The summed E-state index contributed by atoms with van der Waals surface area (Å²) in [6.45, 7) is 9.62. The number of carbonyl (C=O) groups excluding carboxylic acids is 1. The van der Waals surface area contributed by atoms with E-state index in [0.717, 1.165) is 37.3 Å². The number of nitrogens with zero attached hydrogens (tertiary/aromatic N) is 2. The van der Waals surface area contributed by atoms with Gasteiger partial charge in [-0.05, 0) is 25.7 Å². The Kier molecular flexibility index (Phi) is 4.27. The molecule has 0 aromatic carbocycles. The first-order valence-electron chi connectivity index (χ1n) is 7.32. The molecule has 0 saturated carbocycles. The third-order valence-electron chi connectivity index (χ3n) is 4.01. The highest BCUT2D eigenvalue weighted by Crippen LogP contribution is 2.29. The molecule has 0 N–H and O–H groups in total. The fourth-order valence-electron chi connectivity index (χ4n) is 2.55. The van der Waals surface area contributed by atoms with Gasteiger partial charge >= 0.3 is 5.97 Å². The zero-order chi connectivity index (χ0) is 14.0. The van der Waals surface area contributed by atoms with Crippen molar-refractivity contribution in [2.24, 2.45) is 5.92 Å². The zero-order valence-electron chi connectivity index (χ0n) is 12.4. The van der Waals surface area contributed by atoms with E-state index in [-0.39, 0.29) is 11.9 Å². The number of rotatable bonds is 4. The first-order valence-corrected chi connectivity index (χ1v) is 7.32. The average molecular weight is 264 g/mol. The summed E-state index contributed by atoms with van der Waals surface area (Å²) in [5.41, 5.74) is 1.61. The van der Waals surface area contributed by atoms with Crippen molar-refractivity contribution < 1.29 is 9.53 Å². The molecule has 2 heterocycles. The summed E-state index contributed by atoms with van der Waals surface area (Å²) in [6.07, 6.45) is 3.25. The van der Waals surface area contributed by atoms with Crippen molar-refractivity contribution >= 4 is 5.97 Å². The maximum absolute atomic E-state index is 12.2. The normalized spacial score (nSPS) is 16.3. The number of esters is 1. The summed E-state index contributed by atoms with van der Waals surface area (Å²) in [5, 5.41) is 0. The summed E-state index contributed by atoms with van der Waals surface area (Å²) in [4.78, 5) is 17.0. The Bertz CT molecular complexity index is 463. The smallest absolute Gasteiger partial charge is 0.356 e. The van der Waals surface area contributed by atoms with Crippen LogP contribution >= 0.6 is 0 Å². The van der Waals surface area contributed by atoms with Crippen molar-refractivity contribution in [1.29, 1.82) is 0 Å². The predicted octanol–water partition coefficient (Wildman–Crippen LogP) is 3.16. The summed E-state index contributed by atoms with van der Waals surface area (Å²) >= 11 is 0. The lowest BCUT2D eigenvalue weighted by molar-refractivity contribution is 0.0510. The van der Waals surface area contributed by atoms with Gasteiger partial charge < -0.3 is 9.30 Å². The maximum atomic E-state index is 12.2. The average Bonchev–Trinajstić information content (AvgIpc) is 2.77. The first kappa shape index (κ1) is 14.1. The third-order valence-corrected chi connectivity index (χ3v) is 4.01. The van der Waals surface area contributed by atoms with Crippen LogP contribution in [0.25, 0.3) is 0 Å². The summed E-state index contributed by atoms with van der Waals surface area (Å²) in [5.74, 6) is 1.57. The lowest BCUT2D eigenvalue weighted by atomic mass is 9.93. The van der Waals surface area contributed by atoms with E-state index in [0.29, 0.717) is 18.2 Å². The van der Waals surface area contributed by atoms with Gasteiger partial charge in [-0.1, -0.05) is 20.8 Å². The number of imidazole rings is 1. The molecule has 1 aromatic rings. The van der Waals surface area contributed by atoms with Crippen molar-refractivity contribution in [3.8, 4) is 0 Å². The van der Waals surface area contributed by atoms with Crippen LogP contribution in [0.4, 0.5) is 0 Å². The molecule has 0 radical (unpaired) electrons. The monoisotopic (exact) mass is 264 g/mol. The van der Waals surface area contributed by atoms with Crippen molar-refractivity contribution in [3.05, 3.63) is 17.2 Å². The molecule has 4 nitrogen and oxygen atoms in total. The van der Waals surface area contributed by atoms with Crippen molar-refractivity contribution in [1.82, 2.24) is 9.55 Å². The molecule has 1 aliphatic heterocycles. The number of aryl methyl sites for hydroxylation is 1. The number of ether oxygens (including phenoxy) is 1. The highest BCUT2D eigenvalue weighted by molar-refractivity contribution is 5.89.